The molecule has 0 radical (unpaired) electrons. The van der Waals surface area contributed by atoms with Crippen LogP contribution in [-0.4, -0.2) is 46.8 Å². The second-order valence-electron chi connectivity index (χ2n) is 11.6. The normalized spacial score (nSPS) is 16.4. The van der Waals surface area contributed by atoms with Gasteiger partial charge in [0, 0.05) is 11.3 Å². The van der Waals surface area contributed by atoms with Crippen LogP contribution in [0.4, 0.5) is 5.13 Å². The van der Waals surface area contributed by atoms with Crippen molar-refractivity contribution in [3.63, 3.8) is 0 Å². The van der Waals surface area contributed by atoms with Crippen LogP contribution in [0.2, 0.25) is 0 Å². The van der Waals surface area contributed by atoms with Crippen LogP contribution in [0.5, 0.6) is 23.0 Å². The van der Waals surface area contributed by atoms with Crippen LogP contribution < -0.4 is 23.8 Å². The van der Waals surface area contributed by atoms with E-state index in [1.54, 1.807) is 36.4 Å². The highest BCUT2D eigenvalue weighted by Crippen LogP contribution is 2.46. The summed E-state index contributed by atoms with van der Waals surface area (Å²) in [4.78, 5) is 29.1. The Hall–Kier alpha value is -5.33. The van der Waals surface area contributed by atoms with Gasteiger partial charge in [0.2, 0.25) is 5.13 Å². The number of carbonyl (C=O) groups is 2. The lowest BCUT2D eigenvalue weighted by molar-refractivity contribution is -0.132. The summed E-state index contributed by atoms with van der Waals surface area (Å²) in [6.45, 7) is 5.32. The fraction of sp³-hybridized carbons (Fsp3) is 0.211. The molecule has 1 N–H and O–H groups in total. The molecule has 10 nitrogen and oxygen atoms in total. The van der Waals surface area contributed by atoms with Gasteiger partial charge in [-0.3, -0.25) is 14.5 Å². The number of aryl methyl sites for hydroxylation is 1. The Morgan fingerprint density at radius 2 is 1.68 bits per heavy atom. The number of nitrogens with zero attached hydrogens (tertiary/aromatic N) is 3. The lowest BCUT2D eigenvalue weighted by Gasteiger charge is -2.24. The van der Waals surface area contributed by atoms with Crippen LogP contribution in [0.3, 0.4) is 0 Å². The van der Waals surface area contributed by atoms with E-state index in [0.29, 0.717) is 70.6 Å². The number of aliphatic hydroxyl groups excluding tert-OH is 1. The molecule has 0 bridgehead atoms. The molecule has 12 heteroatoms. The molecule has 1 saturated heterocycles. The lowest BCUT2D eigenvalue weighted by atomic mass is 9.95. The monoisotopic (exact) mass is 707 g/mol. The van der Waals surface area contributed by atoms with Crippen molar-refractivity contribution in [2.45, 2.75) is 36.6 Å². The Bertz CT molecular complexity index is 2060. The number of anilines is 1. The number of amides is 1. The molecular weight excluding hydrogens is 675 g/mol. The van der Waals surface area contributed by atoms with E-state index >= 15 is 0 Å². The first kappa shape index (κ1) is 33.2. The average Bonchev–Trinajstić information content (AvgIpc) is 3.72. The number of benzene rings is 4. The zero-order valence-electron chi connectivity index (χ0n) is 27.3. The van der Waals surface area contributed by atoms with Gasteiger partial charge in [0.25, 0.3) is 5.78 Å². The van der Waals surface area contributed by atoms with E-state index in [2.05, 4.69) is 34.5 Å². The number of hydrogen-bond acceptors (Lipinski definition) is 11. The Balaban J connectivity index is 1.28. The first-order valence-electron chi connectivity index (χ1n) is 16.1. The number of ether oxygens (including phenoxy) is 4. The van der Waals surface area contributed by atoms with Crippen LogP contribution >= 0.6 is 23.1 Å². The Labute approximate surface area is 297 Å². The van der Waals surface area contributed by atoms with E-state index < -0.39 is 17.7 Å². The summed E-state index contributed by atoms with van der Waals surface area (Å²) in [5, 5.41) is 20.7. The van der Waals surface area contributed by atoms with Gasteiger partial charge >= 0.3 is 5.91 Å². The van der Waals surface area contributed by atoms with E-state index in [9.17, 15) is 14.7 Å². The van der Waals surface area contributed by atoms with Crippen LogP contribution in [0.1, 0.15) is 40.8 Å². The molecule has 50 heavy (non-hydrogen) atoms. The summed E-state index contributed by atoms with van der Waals surface area (Å²) >= 11 is 2.69. The van der Waals surface area contributed by atoms with E-state index in [1.165, 1.54) is 33.6 Å². The van der Waals surface area contributed by atoms with Gasteiger partial charge in [0.15, 0.2) is 27.3 Å². The number of thioether (sulfide) groups is 1. The van der Waals surface area contributed by atoms with Crippen molar-refractivity contribution < 1.29 is 33.6 Å². The van der Waals surface area contributed by atoms with Gasteiger partial charge in [-0.1, -0.05) is 89.3 Å². The zero-order valence-corrected chi connectivity index (χ0v) is 29.0. The summed E-state index contributed by atoms with van der Waals surface area (Å²) < 4.78 is 24.1. The molecule has 1 aromatic heterocycles. The lowest BCUT2D eigenvalue weighted by Crippen LogP contribution is -2.29. The van der Waals surface area contributed by atoms with Gasteiger partial charge < -0.3 is 24.1 Å². The largest absolute Gasteiger partial charge is 0.507 e. The molecule has 1 atom stereocenters. The van der Waals surface area contributed by atoms with Crippen molar-refractivity contribution in [1.82, 2.24) is 10.2 Å². The number of aromatic nitrogens is 2. The minimum atomic E-state index is -1.05. The third kappa shape index (κ3) is 6.89. The van der Waals surface area contributed by atoms with Gasteiger partial charge in [-0.15, -0.1) is 10.2 Å². The Morgan fingerprint density at radius 1 is 0.900 bits per heavy atom. The summed E-state index contributed by atoms with van der Waals surface area (Å²) in [7, 11) is 0. The summed E-state index contributed by atoms with van der Waals surface area (Å²) in [6, 6.07) is 27.1. The smallest absolute Gasteiger partial charge is 0.301 e. The SMILES string of the molecule is CCOc1cc(C2C(=C(O)c3ccc4c(c3)OCCO4)C(=O)C(=O)N2c2nnc(SCc3ccc(C)cc3)s2)ccc1OCc1ccccc1. The Kier molecular flexibility index (Phi) is 9.72. The summed E-state index contributed by atoms with van der Waals surface area (Å²) in [5.41, 5.74) is 4.00. The highest BCUT2D eigenvalue weighted by Gasteiger charge is 2.48. The van der Waals surface area contributed by atoms with E-state index in [1.807, 2.05) is 44.2 Å². The van der Waals surface area contributed by atoms with Gasteiger partial charge in [-0.05, 0) is 60.9 Å². The number of carbonyl (C=O) groups excluding carboxylic acids is 2. The molecule has 2 aliphatic rings. The Morgan fingerprint density at radius 3 is 2.46 bits per heavy atom. The van der Waals surface area contributed by atoms with Crippen LogP contribution in [-0.2, 0) is 21.9 Å². The average molecular weight is 708 g/mol. The molecule has 5 aromatic rings. The third-order valence-corrected chi connectivity index (χ3v) is 10.3. The molecule has 1 fully saturated rings. The molecule has 1 amide bonds. The van der Waals surface area contributed by atoms with E-state index in [-0.39, 0.29) is 16.5 Å². The molecule has 4 aromatic carbocycles. The van der Waals surface area contributed by atoms with Crippen molar-refractivity contribution >= 4 is 45.7 Å². The quantitative estimate of drug-likeness (QED) is 0.0486. The molecule has 0 spiro atoms. The molecule has 0 saturated carbocycles. The molecular formula is C38H33N3O7S2. The minimum absolute atomic E-state index is 0.101. The van der Waals surface area contributed by atoms with Crippen molar-refractivity contribution in [2.24, 2.45) is 0 Å². The molecule has 3 heterocycles. The maximum atomic E-state index is 13.9. The second-order valence-corrected chi connectivity index (χ2v) is 13.7. The fourth-order valence-electron chi connectivity index (χ4n) is 5.70. The zero-order chi connectivity index (χ0) is 34.6. The molecule has 2 aliphatic heterocycles. The highest BCUT2D eigenvalue weighted by atomic mass is 32.2. The van der Waals surface area contributed by atoms with Crippen molar-refractivity contribution in [2.75, 3.05) is 24.7 Å². The van der Waals surface area contributed by atoms with Gasteiger partial charge in [0.05, 0.1) is 18.2 Å². The number of rotatable bonds is 11. The maximum absolute atomic E-state index is 13.9. The van der Waals surface area contributed by atoms with Crippen molar-refractivity contribution in [3.05, 3.63) is 124 Å². The molecule has 1 unspecified atom stereocenters. The summed E-state index contributed by atoms with van der Waals surface area (Å²) in [5.74, 6) is 0.506. The predicted octanol–water partition coefficient (Wildman–Crippen LogP) is 7.51. The first-order chi connectivity index (χ1) is 24.4. The van der Waals surface area contributed by atoms with Gasteiger partial charge in [-0.25, -0.2) is 0 Å². The number of fused-ring (bicyclic) bond motifs is 1. The predicted molar refractivity (Wildman–Crippen MR) is 191 cm³/mol. The van der Waals surface area contributed by atoms with Crippen LogP contribution in [0.25, 0.3) is 5.76 Å². The number of ketones is 1. The number of aliphatic hydroxyl groups is 1. The van der Waals surface area contributed by atoms with Gasteiger partial charge in [0.1, 0.15) is 25.6 Å². The molecule has 0 aliphatic carbocycles. The van der Waals surface area contributed by atoms with Crippen molar-refractivity contribution in [3.8, 4) is 23.0 Å². The molecule has 254 valence electrons. The minimum Gasteiger partial charge on any atom is -0.507 e. The highest BCUT2D eigenvalue weighted by molar-refractivity contribution is 8.00. The number of hydrogen-bond donors (Lipinski definition) is 1. The third-order valence-electron chi connectivity index (χ3n) is 8.17. The second kappa shape index (κ2) is 14.7. The van der Waals surface area contributed by atoms with Crippen LogP contribution in [0.15, 0.2) is 101 Å². The van der Waals surface area contributed by atoms with Crippen molar-refractivity contribution in [1.29, 1.82) is 0 Å². The maximum Gasteiger partial charge on any atom is 0.301 e. The van der Waals surface area contributed by atoms with E-state index in [4.69, 9.17) is 18.9 Å². The molecule has 7 rings (SSSR count). The topological polar surface area (TPSA) is 120 Å². The fourth-order valence-corrected chi connectivity index (χ4v) is 7.52. The van der Waals surface area contributed by atoms with Gasteiger partial charge in [-0.2, -0.15) is 0 Å². The standard InChI is InChI=1S/C38H33N3O7S2/c1-3-45-30-19-26(13-15-29(30)48-21-24-7-5-4-6-8-24)33-32(34(42)27-14-16-28-31(20-27)47-18-17-46-28)35(43)36(44)41(33)37-39-40-38(50-37)49-22-25-11-9-23(2)10-12-25/h4-16,19-20,33,42H,3,17-18,21-22H2,1-2H3. The first-order valence-corrected chi connectivity index (χ1v) is 17.9. The van der Waals surface area contributed by atoms with Crippen LogP contribution in [0, 0.1) is 6.92 Å². The number of Topliss-reactive ketones (excluding diaryl/α,β-unsaturated/α-hetero) is 1. The van der Waals surface area contributed by atoms with E-state index in [0.717, 1.165) is 11.1 Å². The summed E-state index contributed by atoms with van der Waals surface area (Å²) in [6.07, 6.45) is 0.